The summed E-state index contributed by atoms with van der Waals surface area (Å²) >= 11 is 5.47. The lowest BCUT2D eigenvalue weighted by atomic mass is 10.1. The lowest BCUT2D eigenvalue weighted by molar-refractivity contribution is 0.244. The van der Waals surface area contributed by atoms with Crippen molar-refractivity contribution in [2.24, 2.45) is 11.7 Å². The van der Waals surface area contributed by atoms with Gasteiger partial charge in [-0.05, 0) is 47.8 Å². The molecule has 1 saturated heterocycles. The number of hydrogen-bond acceptors (Lipinski definition) is 3. The van der Waals surface area contributed by atoms with Gasteiger partial charge >= 0.3 is 0 Å². The van der Waals surface area contributed by atoms with Gasteiger partial charge in [0.1, 0.15) is 0 Å². The average molecular weight is 317 g/mol. The lowest BCUT2D eigenvalue weighted by Crippen LogP contribution is -2.31. The molecule has 2 heterocycles. The molecule has 0 amide bonds. The van der Waals surface area contributed by atoms with Gasteiger partial charge in [0.05, 0.1) is 6.04 Å². The zero-order valence-electron chi connectivity index (χ0n) is 10.6. The number of rotatable bonds is 4. The summed E-state index contributed by atoms with van der Waals surface area (Å²) in [5.74, 6) is 0.869. The molecule has 1 aliphatic heterocycles. The number of hydrogen-bond donors (Lipinski definition) is 1. The smallest absolute Gasteiger partial charge is 0.0564 e. The Labute approximate surface area is 116 Å². The minimum absolute atomic E-state index is 0.418. The molecule has 2 rings (SSSR count). The molecule has 0 spiro atoms. The van der Waals surface area contributed by atoms with E-state index < -0.39 is 0 Å². The molecule has 0 radical (unpaired) electrons. The molecule has 2 nitrogen and oxygen atoms in total. The van der Waals surface area contributed by atoms with E-state index >= 15 is 0 Å². The third kappa shape index (κ3) is 2.92. The maximum Gasteiger partial charge on any atom is 0.0564 e. The normalized spacial score (nSPS) is 23.2. The lowest BCUT2D eigenvalue weighted by Gasteiger charge is -2.25. The second-order valence-electron chi connectivity index (χ2n) is 4.86. The third-order valence-electron chi connectivity index (χ3n) is 3.76. The molecule has 2 N–H and O–H groups in total. The van der Waals surface area contributed by atoms with Gasteiger partial charge in [-0.1, -0.05) is 13.3 Å². The number of nitrogens with two attached hydrogens (primary N) is 1. The van der Waals surface area contributed by atoms with Gasteiger partial charge in [0.15, 0.2) is 0 Å². The maximum absolute atomic E-state index is 5.98. The molecule has 0 aliphatic carbocycles. The highest BCUT2D eigenvalue weighted by molar-refractivity contribution is 9.10. The SMILES string of the molecule is CCC1CCN(C(CN)c2cc(Br)c(C)s2)C1. The predicted octanol–water partition coefficient (Wildman–Crippen LogP) is 3.55. The fraction of sp³-hybridized carbons (Fsp3) is 0.692. The van der Waals surface area contributed by atoms with Crippen LogP contribution >= 0.6 is 27.3 Å². The van der Waals surface area contributed by atoms with Gasteiger partial charge in [0, 0.05) is 27.3 Å². The van der Waals surface area contributed by atoms with Crippen molar-refractivity contribution < 1.29 is 0 Å². The molecule has 1 aromatic rings. The van der Waals surface area contributed by atoms with Crippen LogP contribution in [0.2, 0.25) is 0 Å². The van der Waals surface area contributed by atoms with E-state index in [1.54, 1.807) is 0 Å². The molecule has 4 heteroatoms. The molecular weight excluding hydrogens is 296 g/mol. The first-order valence-corrected chi connectivity index (χ1v) is 7.96. The van der Waals surface area contributed by atoms with E-state index in [4.69, 9.17) is 5.73 Å². The summed E-state index contributed by atoms with van der Waals surface area (Å²) in [5, 5.41) is 0. The zero-order valence-corrected chi connectivity index (χ0v) is 13.0. The van der Waals surface area contributed by atoms with Gasteiger partial charge in [-0.2, -0.15) is 0 Å². The third-order valence-corrected chi connectivity index (χ3v) is 6.00. The van der Waals surface area contributed by atoms with Crippen molar-refractivity contribution in [1.82, 2.24) is 4.90 Å². The molecule has 1 aliphatic rings. The summed E-state index contributed by atoms with van der Waals surface area (Å²) in [6.45, 7) is 7.59. The van der Waals surface area contributed by atoms with E-state index in [0.29, 0.717) is 6.04 Å². The summed E-state index contributed by atoms with van der Waals surface area (Å²) in [5.41, 5.74) is 5.98. The number of likely N-dealkylation sites (tertiary alicyclic amines) is 1. The first-order chi connectivity index (χ1) is 8.15. The number of thiophene rings is 1. The molecule has 0 saturated carbocycles. The van der Waals surface area contributed by atoms with Crippen LogP contribution in [0.3, 0.4) is 0 Å². The highest BCUT2D eigenvalue weighted by Crippen LogP contribution is 2.35. The highest BCUT2D eigenvalue weighted by Gasteiger charge is 2.28. The van der Waals surface area contributed by atoms with Crippen LogP contribution in [0, 0.1) is 12.8 Å². The molecule has 2 atom stereocenters. The van der Waals surface area contributed by atoms with Crippen molar-refractivity contribution in [3.05, 3.63) is 20.3 Å². The fourth-order valence-corrected chi connectivity index (χ4v) is 4.28. The van der Waals surface area contributed by atoms with Crippen LogP contribution in [0.1, 0.15) is 35.6 Å². The Kier molecular flexibility index (Phi) is 4.64. The Morgan fingerprint density at radius 2 is 2.41 bits per heavy atom. The van der Waals surface area contributed by atoms with E-state index in [1.807, 2.05) is 11.3 Å². The van der Waals surface area contributed by atoms with E-state index in [2.05, 4.69) is 40.7 Å². The van der Waals surface area contributed by atoms with Crippen molar-refractivity contribution in [3.8, 4) is 0 Å². The van der Waals surface area contributed by atoms with E-state index in [0.717, 1.165) is 12.5 Å². The second kappa shape index (κ2) is 5.83. The summed E-state index contributed by atoms with van der Waals surface area (Å²) in [6, 6.07) is 2.66. The number of aryl methyl sites for hydroxylation is 1. The van der Waals surface area contributed by atoms with Gasteiger partial charge < -0.3 is 5.73 Å². The van der Waals surface area contributed by atoms with Crippen LogP contribution < -0.4 is 5.73 Å². The summed E-state index contributed by atoms with van der Waals surface area (Å²) in [7, 11) is 0. The predicted molar refractivity (Wildman–Crippen MR) is 78.5 cm³/mol. The molecule has 17 heavy (non-hydrogen) atoms. The largest absolute Gasteiger partial charge is 0.329 e. The van der Waals surface area contributed by atoms with Crippen LogP contribution in [-0.2, 0) is 0 Å². The number of halogens is 1. The molecule has 0 aromatic carbocycles. The van der Waals surface area contributed by atoms with Crippen molar-refractivity contribution in [2.75, 3.05) is 19.6 Å². The highest BCUT2D eigenvalue weighted by atomic mass is 79.9. The maximum atomic E-state index is 5.98. The zero-order chi connectivity index (χ0) is 12.4. The van der Waals surface area contributed by atoms with Crippen LogP contribution in [-0.4, -0.2) is 24.5 Å². The fourth-order valence-electron chi connectivity index (χ4n) is 2.57. The Hall–Kier alpha value is 0.1000. The Morgan fingerprint density at radius 3 is 2.88 bits per heavy atom. The van der Waals surface area contributed by atoms with Crippen LogP contribution in [0.5, 0.6) is 0 Å². The minimum atomic E-state index is 0.418. The molecular formula is C13H21BrN2S. The summed E-state index contributed by atoms with van der Waals surface area (Å²) in [6.07, 6.45) is 2.62. The first-order valence-electron chi connectivity index (χ1n) is 6.35. The summed E-state index contributed by atoms with van der Waals surface area (Å²) in [4.78, 5) is 5.32. The molecule has 0 bridgehead atoms. The standard InChI is InChI=1S/C13H21BrN2S/c1-3-10-4-5-16(8-10)12(7-15)13-6-11(14)9(2)17-13/h6,10,12H,3-5,7-8,15H2,1-2H3. The minimum Gasteiger partial charge on any atom is -0.329 e. The molecule has 2 unspecified atom stereocenters. The Bertz CT molecular complexity index is 358. The van der Waals surface area contributed by atoms with Crippen molar-refractivity contribution >= 4 is 27.3 Å². The molecule has 1 fully saturated rings. The number of nitrogens with zero attached hydrogens (tertiary/aromatic N) is 1. The van der Waals surface area contributed by atoms with E-state index in [1.165, 1.54) is 40.2 Å². The van der Waals surface area contributed by atoms with E-state index in [9.17, 15) is 0 Å². The molecule has 1 aromatic heterocycles. The van der Waals surface area contributed by atoms with Gasteiger partial charge in [0.25, 0.3) is 0 Å². The van der Waals surface area contributed by atoms with E-state index in [-0.39, 0.29) is 0 Å². The summed E-state index contributed by atoms with van der Waals surface area (Å²) < 4.78 is 1.22. The topological polar surface area (TPSA) is 29.3 Å². The quantitative estimate of drug-likeness (QED) is 0.920. The Morgan fingerprint density at radius 1 is 1.65 bits per heavy atom. The van der Waals surface area contributed by atoms with Gasteiger partial charge in [-0.25, -0.2) is 0 Å². The van der Waals surface area contributed by atoms with Gasteiger partial charge in [-0.15, -0.1) is 11.3 Å². The van der Waals surface area contributed by atoms with Crippen molar-refractivity contribution in [1.29, 1.82) is 0 Å². The van der Waals surface area contributed by atoms with Crippen molar-refractivity contribution in [2.45, 2.75) is 32.7 Å². The van der Waals surface area contributed by atoms with Crippen LogP contribution in [0.25, 0.3) is 0 Å². The van der Waals surface area contributed by atoms with Gasteiger partial charge in [-0.3, -0.25) is 4.90 Å². The van der Waals surface area contributed by atoms with Crippen molar-refractivity contribution in [3.63, 3.8) is 0 Å². The van der Waals surface area contributed by atoms with Crippen LogP contribution in [0.15, 0.2) is 10.5 Å². The first kappa shape index (κ1) is 13.5. The molecule has 96 valence electrons. The second-order valence-corrected chi connectivity index (χ2v) is 7.00. The van der Waals surface area contributed by atoms with Gasteiger partial charge in [0.2, 0.25) is 0 Å². The van der Waals surface area contributed by atoms with Crippen LogP contribution in [0.4, 0.5) is 0 Å². The average Bonchev–Trinajstić information content (AvgIpc) is 2.89. The Balaban J connectivity index is 2.11. The monoisotopic (exact) mass is 316 g/mol.